The van der Waals surface area contributed by atoms with Crippen molar-refractivity contribution in [3.8, 4) is 0 Å². The molecular formula is C15H10ClN3O2. The van der Waals surface area contributed by atoms with Gasteiger partial charge in [0.15, 0.2) is 0 Å². The summed E-state index contributed by atoms with van der Waals surface area (Å²) >= 11 is 5.89. The molecule has 1 N–H and O–H groups in total. The van der Waals surface area contributed by atoms with E-state index >= 15 is 0 Å². The second kappa shape index (κ2) is 5.38. The van der Waals surface area contributed by atoms with Gasteiger partial charge in [-0.1, -0.05) is 17.7 Å². The van der Waals surface area contributed by atoms with Gasteiger partial charge in [-0.15, -0.1) is 0 Å². The molecule has 1 aliphatic heterocycles. The van der Waals surface area contributed by atoms with Gasteiger partial charge in [-0.2, -0.15) is 0 Å². The van der Waals surface area contributed by atoms with E-state index in [2.05, 4.69) is 10.3 Å². The lowest BCUT2D eigenvalue weighted by Gasteiger charge is -2.11. The largest absolute Gasteiger partial charge is 0.333 e. The van der Waals surface area contributed by atoms with Crippen LogP contribution in [0.25, 0.3) is 6.08 Å². The number of nitrogens with zero attached hydrogens (tertiary/aromatic N) is 2. The maximum Gasteiger partial charge on any atom is 0.333 e. The van der Waals surface area contributed by atoms with Crippen molar-refractivity contribution in [3.63, 3.8) is 0 Å². The predicted octanol–water partition coefficient (Wildman–Crippen LogP) is 2.83. The summed E-state index contributed by atoms with van der Waals surface area (Å²) in [6.45, 7) is 0. The Morgan fingerprint density at radius 2 is 1.90 bits per heavy atom. The molecule has 0 radical (unpaired) electrons. The molecule has 6 heteroatoms. The predicted molar refractivity (Wildman–Crippen MR) is 79.7 cm³/mol. The van der Waals surface area contributed by atoms with Gasteiger partial charge in [0.2, 0.25) is 0 Å². The first kappa shape index (κ1) is 13.3. The van der Waals surface area contributed by atoms with E-state index in [1.807, 2.05) is 0 Å². The number of hydrogen-bond acceptors (Lipinski definition) is 3. The number of hydrogen-bond donors (Lipinski definition) is 1. The van der Waals surface area contributed by atoms with Crippen LogP contribution in [-0.4, -0.2) is 16.9 Å². The summed E-state index contributed by atoms with van der Waals surface area (Å²) in [4.78, 5) is 29.3. The molecule has 1 saturated heterocycles. The number of amides is 3. The molecule has 104 valence electrons. The van der Waals surface area contributed by atoms with Crippen molar-refractivity contribution in [1.29, 1.82) is 0 Å². The van der Waals surface area contributed by atoms with Crippen molar-refractivity contribution in [2.45, 2.75) is 0 Å². The molecule has 0 unspecified atom stereocenters. The van der Waals surface area contributed by atoms with Gasteiger partial charge >= 0.3 is 6.03 Å². The van der Waals surface area contributed by atoms with E-state index in [-0.39, 0.29) is 5.70 Å². The van der Waals surface area contributed by atoms with Crippen LogP contribution in [0.5, 0.6) is 0 Å². The Bertz CT molecular complexity index is 744. The first-order chi connectivity index (χ1) is 10.1. The van der Waals surface area contributed by atoms with E-state index in [0.717, 1.165) is 10.5 Å². The van der Waals surface area contributed by atoms with E-state index in [0.29, 0.717) is 10.7 Å². The van der Waals surface area contributed by atoms with Crippen LogP contribution in [0.1, 0.15) is 5.56 Å². The molecule has 3 rings (SSSR count). The summed E-state index contributed by atoms with van der Waals surface area (Å²) in [5.41, 5.74) is 1.43. The molecule has 5 nitrogen and oxygen atoms in total. The van der Waals surface area contributed by atoms with Crippen molar-refractivity contribution >= 4 is 35.3 Å². The summed E-state index contributed by atoms with van der Waals surface area (Å²) in [5, 5.41) is 3.01. The monoisotopic (exact) mass is 299 g/mol. The Morgan fingerprint density at radius 1 is 1.14 bits per heavy atom. The first-order valence-corrected chi connectivity index (χ1v) is 6.56. The van der Waals surface area contributed by atoms with Crippen LogP contribution in [0.3, 0.4) is 0 Å². The number of rotatable bonds is 2. The lowest BCUT2D eigenvalue weighted by molar-refractivity contribution is -0.113. The molecule has 0 bridgehead atoms. The fraction of sp³-hybridized carbons (Fsp3) is 0. The standard InChI is InChI=1S/C15H10ClN3O2/c16-11-2-1-3-12(9-11)19-14(20)13(18-15(19)21)8-10-4-6-17-7-5-10/h1-9H,(H,18,21)/b13-8-. The highest BCUT2D eigenvalue weighted by atomic mass is 35.5. The van der Waals surface area contributed by atoms with Gasteiger partial charge < -0.3 is 5.32 Å². The number of imide groups is 1. The maximum absolute atomic E-state index is 12.3. The molecule has 1 aliphatic rings. The van der Waals surface area contributed by atoms with Crippen LogP contribution in [0.4, 0.5) is 10.5 Å². The van der Waals surface area contributed by atoms with Gasteiger partial charge in [0, 0.05) is 17.4 Å². The molecule has 0 atom stereocenters. The Hall–Kier alpha value is -2.66. The minimum absolute atomic E-state index is 0.214. The van der Waals surface area contributed by atoms with Gasteiger partial charge in [0.1, 0.15) is 5.70 Å². The van der Waals surface area contributed by atoms with Crippen LogP contribution < -0.4 is 10.2 Å². The molecular weight excluding hydrogens is 290 g/mol. The zero-order valence-electron chi connectivity index (χ0n) is 10.8. The summed E-state index contributed by atoms with van der Waals surface area (Å²) in [5.74, 6) is -0.418. The van der Waals surface area contributed by atoms with E-state index < -0.39 is 11.9 Å². The number of aromatic nitrogens is 1. The number of carbonyl (C=O) groups excluding carboxylic acids is 2. The molecule has 1 fully saturated rings. The third kappa shape index (κ3) is 2.64. The number of halogens is 1. The van der Waals surface area contributed by atoms with Crippen molar-refractivity contribution < 1.29 is 9.59 Å². The van der Waals surface area contributed by atoms with Gasteiger partial charge in [0.05, 0.1) is 5.69 Å². The minimum Gasteiger partial charge on any atom is -0.302 e. The van der Waals surface area contributed by atoms with E-state index in [1.54, 1.807) is 54.9 Å². The van der Waals surface area contributed by atoms with Gasteiger partial charge in [-0.25, -0.2) is 9.69 Å². The molecule has 0 aliphatic carbocycles. The average molecular weight is 300 g/mol. The maximum atomic E-state index is 12.3. The number of pyridine rings is 1. The van der Waals surface area contributed by atoms with E-state index in [9.17, 15) is 9.59 Å². The zero-order valence-corrected chi connectivity index (χ0v) is 11.5. The van der Waals surface area contributed by atoms with Gasteiger partial charge in [-0.05, 0) is 42.0 Å². The first-order valence-electron chi connectivity index (χ1n) is 6.18. The number of carbonyl (C=O) groups is 2. The number of nitrogens with one attached hydrogen (secondary N) is 1. The SMILES string of the molecule is O=C1N/C(=C\c2ccncc2)C(=O)N1c1cccc(Cl)c1. The number of benzene rings is 1. The smallest absolute Gasteiger partial charge is 0.302 e. The quantitative estimate of drug-likeness (QED) is 0.685. The van der Waals surface area contributed by atoms with Gasteiger partial charge in [0.25, 0.3) is 5.91 Å². The second-order valence-corrected chi connectivity index (χ2v) is 4.83. The summed E-state index contributed by atoms with van der Waals surface area (Å²) in [6.07, 6.45) is 4.83. The Morgan fingerprint density at radius 3 is 2.62 bits per heavy atom. The molecule has 2 aromatic rings. The summed E-state index contributed by atoms with van der Waals surface area (Å²) in [6, 6.07) is 9.57. The second-order valence-electron chi connectivity index (χ2n) is 4.39. The van der Waals surface area contributed by atoms with Crippen LogP contribution in [0, 0.1) is 0 Å². The average Bonchev–Trinajstić information content (AvgIpc) is 2.74. The van der Waals surface area contributed by atoms with Crippen LogP contribution in [0.2, 0.25) is 5.02 Å². The van der Waals surface area contributed by atoms with Crippen molar-refractivity contribution in [1.82, 2.24) is 10.3 Å². The highest BCUT2D eigenvalue weighted by molar-refractivity contribution is 6.32. The lowest BCUT2D eigenvalue weighted by Crippen LogP contribution is -2.30. The minimum atomic E-state index is -0.498. The van der Waals surface area contributed by atoms with Crippen molar-refractivity contribution in [3.05, 3.63) is 65.1 Å². The third-order valence-electron chi connectivity index (χ3n) is 2.96. The Balaban J connectivity index is 1.94. The molecule has 21 heavy (non-hydrogen) atoms. The third-order valence-corrected chi connectivity index (χ3v) is 3.20. The summed E-state index contributed by atoms with van der Waals surface area (Å²) in [7, 11) is 0. The molecule has 1 aromatic heterocycles. The topological polar surface area (TPSA) is 62.3 Å². The van der Waals surface area contributed by atoms with Gasteiger partial charge in [-0.3, -0.25) is 9.78 Å². The molecule has 0 saturated carbocycles. The van der Waals surface area contributed by atoms with Crippen LogP contribution >= 0.6 is 11.6 Å². The van der Waals surface area contributed by atoms with E-state index in [1.165, 1.54) is 0 Å². The Labute approximate surface area is 125 Å². The molecule has 0 spiro atoms. The zero-order chi connectivity index (χ0) is 14.8. The fourth-order valence-corrected chi connectivity index (χ4v) is 2.20. The van der Waals surface area contributed by atoms with Crippen LogP contribution in [-0.2, 0) is 4.79 Å². The fourth-order valence-electron chi connectivity index (χ4n) is 2.01. The highest BCUT2D eigenvalue weighted by Gasteiger charge is 2.34. The Kier molecular flexibility index (Phi) is 3.41. The van der Waals surface area contributed by atoms with Crippen LogP contribution in [0.15, 0.2) is 54.5 Å². The normalized spacial score (nSPS) is 16.4. The van der Waals surface area contributed by atoms with Crippen molar-refractivity contribution in [2.75, 3.05) is 4.90 Å². The molecule has 1 aromatic carbocycles. The number of urea groups is 1. The number of anilines is 1. The molecule has 3 amide bonds. The molecule has 2 heterocycles. The highest BCUT2D eigenvalue weighted by Crippen LogP contribution is 2.24. The summed E-state index contributed by atoms with van der Waals surface area (Å²) < 4.78 is 0. The van der Waals surface area contributed by atoms with Crippen molar-refractivity contribution in [2.24, 2.45) is 0 Å². The van der Waals surface area contributed by atoms with E-state index in [4.69, 9.17) is 11.6 Å². The lowest BCUT2D eigenvalue weighted by atomic mass is 10.2.